The van der Waals surface area contributed by atoms with Crippen LogP contribution in [0.25, 0.3) is 0 Å². The van der Waals surface area contributed by atoms with Crippen LogP contribution in [0.3, 0.4) is 0 Å². The zero-order chi connectivity index (χ0) is 19.9. The number of aliphatic hydroxyl groups excluding tert-OH is 4. The summed E-state index contributed by atoms with van der Waals surface area (Å²) in [5.74, 6) is -1.89. The van der Waals surface area contributed by atoms with Gasteiger partial charge in [-0.05, 0) is 12.8 Å². The molecule has 0 unspecified atom stereocenters. The van der Waals surface area contributed by atoms with Crippen molar-refractivity contribution < 1.29 is 39.5 Å². The van der Waals surface area contributed by atoms with Gasteiger partial charge in [-0.15, -0.1) is 0 Å². The Morgan fingerprint density at radius 3 is 1.38 bits per heavy atom. The van der Waals surface area contributed by atoms with E-state index in [9.17, 15) is 30.0 Å². The summed E-state index contributed by atoms with van der Waals surface area (Å²) in [6, 6.07) is 0. The molecule has 0 aliphatic rings. The number of carbonyl (C=O) groups excluding carboxylic acids is 2. The number of amides is 2. The summed E-state index contributed by atoms with van der Waals surface area (Å²) in [6.45, 7) is 5.61. The Hall–Kier alpha value is -1.30. The molecule has 154 valence electrons. The molecule has 4 atom stereocenters. The van der Waals surface area contributed by atoms with Crippen molar-refractivity contribution in [2.75, 3.05) is 39.5 Å². The highest BCUT2D eigenvalue weighted by Gasteiger charge is 2.37. The van der Waals surface area contributed by atoms with E-state index < -0.39 is 36.2 Å². The van der Waals surface area contributed by atoms with Crippen molar-refractivity contribution in [3.05, 3.63) is 0 Å². The number of carbonyl (C=O) groups is 2. The summed E-state index contributed by atoms with van der Waals surface area (Å²) in [7, 11) is 0. The lowest BCUT2D eigenvalue weighted by Gasteiger charge is -2.25. The summed E-state index contributed by atoms with van der Waals surface area (Å²) < 4.78 is 10.3. The van der Waals surface area contributed by atoms with Gasteiger partial charge >= 0.3 is 0 Å². The van der Waals surface area contributed by atoms with Gasteiger partial charge in [0.1, 0.15) is 12.2 Å². The quantitative estimate of drug-likeness (QED) is 0.170. The molecule has 0 rings (SSSR count). The van der Waals surface area contributed by atoms with Crippen molar-refractivity contribution in [3.63, 3.8) is 0 Å². The van der Waals surface area contributed by atoms with Crippen molar-refractivity contribution in [2.45, 2.75) is 51.1 Å². The van der Waals surface area contributed by atoms with Crippen molar-refractivity contribution in [1.82, 2.24) is 10.6 Å². The number of rotatable bonds is 15. The smallest absolute Gasteiger partial charge is 0.251 e. The van der Waals surface area contributed by atoms with Gasteiger partial charge < -0.3 is 40.5 Å². The van der Waals surface area contributed by atoms with Gasteiger partial charge in [-0.25, -0.2) is 0 Å². The molecule has 2 amide bonds. The van der Waals surface area contributed by atoms with E-state index in [4.69, 9.17) is 9.47 Å². The molecular weight excluding hydrogens is 348 g/mol. The zero-order valence-electron chi connectivity index (χ0n) is 15.4. The third-order valence-electron chi connectivity index (χ3n) is 3.32. The summed E-state index contributed by atoms with van der Waals surface area (Å²) in [5.41, 5.74) is 0. The summed E-state index contributed by atoms with van der Waals surface area (Å²) >= 11 is 0. The van der Waals surface area contributed by atoms with Crippen molar-refractivity contribution in [2.24, 2.45) is 0 Å². The third kappa shape index (κ3) is 10.00. The summed E-state index contributed by atoms with van der Waals surface area (Å²) in [5, 5.41) is 43.7. The number of hydrogen-bond acceptors (Lipinski definition) is 8. The predicted octanol–water partition coefficient (Wildman–Crippen LogP) is -2.48. The van der Waals surface area contributed by atoms with Gasteiger partial charge in [0.15, 0.2) is 12.2 Å². The van der Waals surface area contributed by atoms with Crippen LogP contribution in [0.4, 0.5) is 0 Å². The standard InChI is InChI=1S/C16H32N2O8/c1-3-7-25-9-5-17-15(23)13(21)11(19)12(20)14(22)16(24)18-6-10-26-8-4-2/h11-14,19-22H,3-10H2,1-2H3,(H,17,23)(H,18,24)/t11-,12+,13+,14-. The highest BCUT2D eigenvalue weighted by Crippen LogP contribution is 2.06. The molecule has 0 aromatic rings. The first-order valence-corrected chi connectivity index (χ1v) is 8.79. The Labute approximate surface area is 153 Å². The van der Waals surface area contributed by atoms with E-state index in [2.05, 4.69) is 10.6 Å². The molecular formula is C16H32N2O8. The molecule has 0 aliphatic heterocycles. The number of ether oxygens (including phenoxy) is 2. The predicted molar refractivity (Wildman–Crippen MR) is 92.3 cm³/mol. The van der Waals surface area contributed by atoms with Crippen LogP contribution in [-0.2, 0) is 19.1 Å². The molecule has 10 heteroatoms. The second-order valence-electron chi connectivity index (χ2n) is 5.68. The van der Waals surface area contributed by atoms with Crippen LogP contribution in [0, 0.1) is 0 Å². The maximum atomic E-state index is 11.7. The maximum absolute atomic E-state index is 11.7. The molecule has 26 heavy (non-hydrogen) atoms. The van der Waals surface area contributed by atoms with Crippen LogP contribution in [0.1, 0.15) is 26.7 Å². The first-order valence-electron chi connectivity index (χ1n) is 8.79. The molecule has 0 bridgehead atoms. The minimum Gasteiger partial charge on any atom is -0.387 e. The van der Waals surface area contributed by atoms with Crippen LogP contribution in [0.15, 0.2) is 0 Å². The summed E-state index contributed by atoms with van der Waals surface area (Å²) in [6.07, 6.45) is -6.44. The molecule has 0 spiro atoms. The fraction of sp³-hybridized carbons (Fsp3) is 0.875. The van der Waals surface area contributed by atoms with Crippen LogP contribution in [0.2, 0.25) is 0 Å². The van der Waals surface area contributed by atoms with Gasteiger partial charge in [-0.1, -0.05) is 13.8 Å². The molecule has 0 aromatic carbocycles. The van der Waals surface area contributed by atoms with E-state index in [1.165, 1.54) is 0 Å². The van der Waals surface area contributed by atoms with Crippen LogP contribution in [-0.4, -0.2) is 96.2 Å². The van der Waals surface area contributed by atoms with E-state index in [0.29, 0.717) is 13.2 Å². The lowest BCUT2D eigenvalue weighted by atomic mass is 10.0. The summed E-state index contributed by atoms with van der Waals surface area (Å²) in [4.78, 5) is 23.4. The molecule has 0 saturated carbocycles. The largest absolute Gasteiger partial charge is 0.387 e. The molecule has 0 saturated heterocycles. The average Bonchev–Trinajstić information content (AvgIpc) is 2.64. The van der Waals surface area contributed by atoms with E-state index >= 15 is 0 Å². The van der Waals surface area contributed by atoms with Gasteiger partial charge in [0.25, 0.3) is 11.8 Å². The Morgan fingerprint density at radius 1 is 0.731 bits per heavy atom. The molecule has 0 fully saturated rings. The van der Waals surface area contributed by atoms with E-state index in [-0.39, 0.29) is 26.3 Å². The number of hydrogen-bond donors (Lipinski definition) is 6. The van der Waals surface area contributed by atoms with E-state index in [0.717, 1.165) is 12.8 Å². The first-order chi connectivity index (χ1) is 12.4. The highest BCUT2D eigenvalue weighted by molar-refractivity contribution is 5.83. The fourth-order valence-corrected chi connectivity index (χ4v) is 1.88. The number of nitrogens with one attached hydrogen (secondary N) is 2. The molecule has 0 aliphatic carbocycles. The van der Waals surface area contributed by atoms with Crippen LogP contribution < -0.4 is 10.6 Å². The average molecular weight is 380 g/mol. The Bertz CT molecular complexity index is 360. The Morgan fingerprint density at radius 2 is 1.08 bits per heavy atom. The molecule has 0 heterocycles. The molecule has 10 nitrogen and oxygen atoms in total. The highest BCUT2D eigenvalue weighted by atomic mass is 16.5. The van der Waals surface area contributed by atoms with Crippen LogP contribution in [0.5, 0.6) is 0 Å². The second kappa shape index (κ2) is 14.8. The van der Waals surface area contributed by atoms with Gasteiger partial charge in [-0.2, -0.15) is 0 Å². The number of aliphatic hydroxyl groups is 4. The van der Waals surface area contributed by atoms with Crippen LogP contribution >= 0.6 is 0 Å². The van der Waals surface area contributed by atoms with Gasteiger partial charge in [0, 0.05) is 26.3 Å². The Balaban J connectivity index is 4.24. The second-order valence-corrected chi connectivity index (χ2v) is 5.68. The molecule has 0 radical (unpaired) electrons. The Kier molecular flexibility index (Phi) is 14.1. The normalized spacial score (nSPS) is 15.8. The van der Waals surface area contributed by atoms with E-state index in [1.54, 1.807) is 0 Å². The topological polar surface area (TPSA) is 158 Å². The fourth-order valence-electron chi connectivity index (χ4n) is 1.88. The molecule has 6 N–H and O–H groups in total. The maximum Gasteiger partial charge on any atom is 0.251 e. The van der Waals surface area contributed by atoms with Gasteiger partial charge in [-0.3, -0.25) is 9.59 Å². The van der Waals surface area contributed by atoms with Gasteiger partial charge in [0.05, 0.1) is 13.2 Å². The zero-order valence-corrected chi connectivity index (χ0v) is 15.4. The minimum absolute atomic E-state index is 0.111. The lowest BCUT2D eigenvalue weighted by molar-refractivity contribution is -0.155. The van der Waals surface area contributed by atoms with Crippen molar-refractivity contribution in [1.29, 1.82) is 0 Å². The SMILES string of the molecule is CCCOCCNC(=O)[C@@H](O)[C@H](O)[C@H](O)[C@@H](O)C(=O)NCCOCCC. The van der Waals surface area contributed by atoms with Crippen molar-refractivity contribution >= 4 is 11.8 Å². The first kappa shape index (κ1) is 24.7. The molecule has 0 aromatic heterocycles. The van der Waals surface area contributed by atoms with Crippen molar-refractivity contribution in [3.8, 4) is 0 Å². The third-order valence-corrected chi connectivity index (χ3v) is 3.32. The van der Waals surface area contributed by atoms with Gasteiger partial charge in [0.2, 0.25) is 0 Å². The van der Waals surface area contributed by atoms with E-state index in [1.807, 2.05) is 13.8 Å². The lowest BCUT2D eigenvalue weighted by Crippen LogP contribution is -2.54. The minimum atomic E-state index is -2.04. The monoisotopic (exact) mass is 380 g/mol.